The van der Waals surface area contributed by atoms with Gasteiger partial charge < -0.3 is 4.74 Å². The third-order valence-corrected chi connectivity index (χ3v) is 3.61. The molecule has 0 spiro atoms. The molecule has 0 fully saturated rings. The largest absolute Gasteiger partial charge is 0.437 e. The molecular weight excluding hydrogens is 323 g/mol. The molecule has 1 aromatic heterocycles. The highest BCUT2D eigenvalue weighted by atomic mass is 19.4. The summed E-state index contributed by atoms with van der Waals surface area (Å²) in [6, 6.07) is 8.72. The molecule has 0 saturated carbocycles. The molecule has 1 aromatic carbocycles. The van der Waals surface area contributed by atoms with Gasteiger partial charge in [0, 0.05) is 18.3 Å². The summed E-state index contributed by atoms with van der Waals surface area (Å²) in [4.78, 5) is 15.9. The van der Waals surface area contributed by atoms with Gasteiger partial charge in [0.2, 0.25) is 0 Å². The molecule has 1 unspecified atom stereocenters. The van der Waals surface area contributed by atoms with Crippen molar-refractivity contribution >= 4 is 11.8 Å². The van der Waals surface area contributed by atoms with Crippen LogP contribution in [0.5, 0.6) is 0 Å². The van der Waals surface area contributed by atoms with Gasteiger partial charge in [-0.15, -0.1) is 0 Å². The maximum Gasteiger partial charge on any atom is 0.416 e. The lowest BCUT2D eigenvalue weighted by Crippen LogP contribution is -2.38. The predicted molar refractivity (Wildman–Crippen MR) is 80.1 cm³/mol. The second kappa shape index (κ2) is 5.79. The van der Waals surface area contributed by atoms with Gasteiger partial charge in [0.1, 0.15) is 5.82 Å². The van der Waals surface area contributed by atoms with Crippen molar-refractivity contribution in [2.24, 2.45) is 0 Å². The highest BCUT2D eigenvalue weighted by Gasteiger charge is 2.33. The lowest BCUT2D eigenvalue weighted by molar-refractivity contribution is -0.137. The molecule has 24 heavy (non-hydrogen) atoms. The number of benzene rings is 1. The van der Waals surface area contributed by atoms with Crippen LogP contribution in [0.25, 0.3) is 0 Å². The first-order valence-electron chi connectivity index (χ1n) is 7.11. The number of pyridine rings is 1. The molecule has 2 aromatic rings. The Labute approximate surface area is 136 Å². The van der Waals surface area contributed by atoms with Crippen molar-refractivity contribution in [1.82, 2.24) is 10.4 Å². The summed E-state index contributed by atoms with van der Waals surface area (Å²) in [5, 5.41) is 1.31. The Kier molecular flexibility index (Phi) is 3.92. The summed E-state index contributed by atoms with van der Waals surface area (Å²) in [7, 11) is 1.51. The number of aromatic nitrogens is 1. The molecule has 1 aliphatic heterocycles. The van der Waals surface area contributed by atoms with Crippen LogP contribution in [0.4, 0.5) is 19.0 Å². The Morgan fingerprint density at radius 1 is 1.25 bits per heavy atom. The van der Waals surface area contributed by atoms with E-state index in [4.69, 9.17) is 4.74 Å². The Morgan fingerprint density at radius 3 is 2.67 bits per heavy atom. The Hall–Kier alpha value is -2.61. The van der Waals surface area contributed by atoms with Gasteiger partial charge in [0.05, 0.1) is 11.1 Å². The predicted octanol–water partition coefficient (Wildman–Crippen LogP) is 3.22. The normalized spacial score (nSPS) is 16.7. The molecule has 0 amide bonds. The van der Waals surface area contributed by atoms with Gasteiger partial charge in [-0.1, -0.05) is 18.2 Å². The average molecular weight is 337 g/mol. The molecule has 3 rings (SSSR count). The first-order valence-corrected chi connectivity index (χ1v) is 7.11. The van der Waals surface area contributed by atoms with Crippen LogP contribution in [0.15, 0.2) is 36.4 Å². The third kappa shape index (κ3) is 3.05. The fourth-order valence-electron chi connectivity index (χ4n) is 2.47. The smallest absolute Gasteiger partial charge is 0.416 e. The second-order valence-electron chi connectivity index (χ2n) is 5.41. The van der Waals surface area contributed by atoms with Crippen LogP contribution in [0.1, 0.15) is 33.4 Å². The molecule has 2 heterocycles. The van der Waals surface area contributed by atoms with E-state index in [-0.39, 0.29) is 11.5 Å². The number of carbonyl (C=O) groups is 1. The number of cyclic esters (lactones) is 1. The van der Waals surface area contributed by atoms with E-state index in [0.717, 1.165) is 12.1 Å². The van der Waals surface area contributed by atoms with Gasteiger partial charge in [-0.3, -0.25) is 5.01 Å². The van der Waals surface area contributed by atoms with E-state index in [0.29, 0.717) is 11.1 Å². The number of hydrogen-bond donors (Lipinski definition) is 1. The zero-order chi connectivity index (χ0) is 17.5. The van der Waals surface area contributed by atoms with Gasteiger partial charge >= 0.3 is 12.1 Å². The highest BCUT2D eigenvalue weighted by Crippen LogP contribution is 2.32. The number of nitrogens with one attached hydrogen (secondary N) is 1. The van der Waals surface area contributed by atoms with Crippen molar-refractivity contribution in [2.75, 3.05) is 12.1 Å². The van der Waals surface area contributed by atoms with Crippen molar-refractivity contribution < 1.29 is 22.7 Å². The first kappa shape index (κ1) is 16.3. The van der Waals surface area contributed by atoms with Gasteiger partial charge in [0.25, 0.3) is 0 Å². The van der Waals surface area contributed by atoms with Crippen LogP contribution in [0, 0.1) is 6.92 Å². The van der Waals surface area contributed by atoms with Crippen molar-refractivity contribution in [3.8, 4) is 0 Å². The molecular formula is C16H14F3N3O2. The summed E-state index contributed by atoms with van der Waals surface area (Å²) >= 11 is 0. The highest BCUT2D eigenvalue weighted by molar-refractivity contribution is 5.93. The van der Waals surface area contributed by atoms with E-state index in [2.05, 4.69) is 10.4 Å². The monoisotopic (exact) mass is 337 g/mol. The van der Waals surface area contributed by atoms with Gasteiger partial charge in [-0.2, -0.15) is 18.6 Å². The number of esters is 1. The number of fused-ring (bicyclic) bond motifs is 1. The maximum atomic E-state index is 12.9. The molecule has 0 aliphatic carbocycles. The van der Waals surface area contributed by atoms with Crippen LogP contribution in [0.2, 0.25) is 0 Å². The molecule has 1 aliphatic rings. The van der Waals surface area contributed by atoms with E-state index < -0.39 is 23.9 Å². The maximum absolute atomic E-state index is 12.9. The minimum absolute atomic E-state index is 0.0720. The number of nitrogens with zero attached hydrogens (tertiary/aromatic N) is 2. The minimum atomic E-state index is -4.46. The van der Waals surface area contributed by atoms with Crippen LogP contribution in [-0.4, -0.2) is 18.0 Å². The molecule has 0 bridgehead atoms. The lowest BCUT2D eigenvalue weighted by atomic mass is 10.1. The van der Waals surface area contributed by atoms with Crippen molar-refractivity contribution in [1.29, 1.82) is 0 Å². The molecule has 1 atom stereocenters. The lowest BCUT2D eigenvalue weighted by Gasteiger charge is -2.24. The van der Waals surface area contributed by atoms with Gasteiger partial charge in [-0.05, 0) is 25.1 Å². The van der Waals surface area contributed by atoms with Crippen LogP contribution in [0.3, 0.4) is 0 Å². The third-order valence-electron chi connectivity index (χ3n) is 3.61. The van der Waals surface area contributed by atoms with Gasteiger partial charge in [-0.25, -0.2) is 9.78 Å². The number of alkyl halides is 3. The molecule has 126 valence electrons. The number of hydrogen-bond acceptors (Lipinski definition) is 5. The SMILES string of the molecule is Cc1cc(C(F)(F)F)cc(N(C)NC2OC(=O)c3ccccc32)n1. The quantitative estimate of drug-likeness (QED) is 0.688. The van der Waals surface area contributed by atoms with Crippen LogP contribution < -0.4 is 10.4 Å². The molecule has 5 nitrogen and oxygen atoms in total. The molecule has 8 heteroatoms. The average Bonchev–Trinajstić information content (AvgIpc) is 2.82. The Bertz CT molecular complexity index is 792. The second-order valence-corrected chi connectivity index (χ2v) is 5.41. The van der Waals surface area contributed by atoms with E-state index in [1.54, 1.807) is 24.3 Å². The van der Waals surface area contributed by atoms with Crippen LogP contribution >= 0.6 is 0 Å². The van der Waals surface area contributed by atoms with E-state index in [1.807, 2.05) is 0 Å². The summed E-state index contributed by atoms with van der Waals surface area (Å²) in [6.45, 7) is 1.48. The van der Waals surface area contributed by atoms with Crippen molar-refractivity contribution in [3.05, 3.63) is 58.8 Å². The van der Waals surface area contributed by atoms with E-state index in [9.17, 15) is 18.0 Å². The number of hydrazine groups is 1. The zero-order valence-corrected chi connectivity index (χ0v) is 12.9. The van der Waals surface area contributed by atoms with E-state index >= 15 is 0 Å². The fourth-order valence-corrected chi connectivity index (χ4v) is 2.47. The summed E-state index contributed by atoms with van der Waals surface area (Å²) < 4.78 is 44.0. The number of carbonyl (C=O) groups excluding carboxylic acids is 1. The number of ether oxygens (including phenoxy) is 1. The van der Waals surface area contributed by atoms with Crippen molar-refractivity contribution in [2.45, 2.75) is 19.3 Å². The summed E-state index contributed by atoms with van der Waals surface area (Å²) in [5.41, 5.74) is 3.34. The summed E-state index contributed by atoms with van der Waals surface area (Å²) in [5.74, 6) is -0.410. The molecule has 1 N–H and O–H groups in total. The standard InChI is InChI=1S/C16H14F3N3O2/c1-9-7-10(16(17,18)19)8-13(20-9)22(2)21-14-11-5-3-4-6-12(11)15(23)24-14/h3-8,14,21H,1-2H3. The number of anilines is 1. The molecule has 0 radical (unpaired) electrons. The number of rotatable bonds is 3. The molecule has 0 saturated heterocycles. The Balaban J connectivity index is 1.85. The number of aryl methyl sites for hydroxylation is 1. The zero-order valence-electron chi connectivity index (χ0n) is 12.9. The first-order chi connectivity index (χ1) is 11.3. The van der Waals surface area contributed by atoms with Crippen LogP contribution in [-0.2, 0) is 10.9 Å². The van der Waals surface area contributed by atoms with Crippen molar-refractivity contribution in [3.63, 3.8) is 0 Å². The summed E-state index contributed by atoms with van der Waals surface area (Å²) in [6.07, 6.45) is -5.24. The van der Waals surface area contributed by atoms with E-state index in [1.165, 1.54) is 19.0 Å². The minimum Gasteiger partial charge on any atom is -0.437 e. The number of halogens is 3. The Morgan fingerprint density at radius 2 is 1.96 bits per heavy atom. The van der Waals surface area contributed by atoms with Gasteiger partial charge in [0.15, 0.2) is 6.23 Å². The fraction of sp³-hybridized carbons (Fsp3) is 0.250. The topological polar surface area (TPSA) is 54.5 Å².